The highest BCUT2D eigenvalue weighted by Crippen LogP contribution is 2.18. The smallest absolute Gasteiger partial charge is 0.244 e. The Morgan fingerprint density at radius 2 is 2.00 bits per heavy atom. The van der Waals surface area contributed by atoms with Crippen LogP contribution in [-0.4, -0.2) is 31.5 Å². The van der Waals surface area contributed by atoms with Gasteiger partial charge in [0.05, 0.1) is 23.1 Å². The zero-order valence-electron chi connectivity index (χ0n) is 12.5. The third kappa shape index (κ3) is 3.91. The molecule has 0 aliphatic carbocycles. The van der Waals surface area contributed by atoms with E-state index in [1.165, 1.54) is 5.56 Å². The van der Waals surface area contributed by atoms with E-state index in [9.17, 15) is 13.2 Å². The van der Waals surface area contributed by atoms with Crippen LogP contribution in [0, 0.1) is 19.8 Å². The molecule has 0 bridgehead atoms. The molecule has 0 radical (unpaired) electrons. The van der Waals surface area contributed by atoms with Crippen molar-refractivity contribution in [3.05, 3.63) is 34.9 Å². The summed E-state index contributed by atoms with van der Waals surface area (Å²) in [5.41, 5.74) is 6.49. The molecule has 0 aromatic heterocycles. The fourth-order valence-corrected chi connectivity index (χ4v) is 4.00. The van der Waals surface area contributed by atoms with Crippen LogP contribution in [0.2, 0.25) is 0 Å². The van der Waals surface area contributed by atoms with Crippen LogP contribution in [0.5, 0.6) is 0 Å². The molecule has 1 N–H and O–H groups in total. The summed E-state index contributed by atoms with van der Waals surface area (Å²) in [6.45, 7) is 5.87. The Bertz CT molecular complexity index is 693. The quantitative estimate of drug-likeness (QED) is 0.680. The lowest BCUT2D eigenvalue weighted by Crippen LogP contribution is -2.28. The normalized spacial score (nSPS) is 21.3. The molecule has 6 heteroatoms. The minimum absolute atomic E-state index is 0.0724. The Hall–Kier alpha value is -1.69. The van der Waals surface area contributed by atoms with E-state index in [1.807, 2.05) is 39.0 Å². The van der Waals surface area contributed by atoms with Gasteiger partial charge >= 0.3 is 0 Å². The molecule has 1 aromatic carbocycles. The molecule has 5 nitrogen and oxygen atoms in total. The molecule has 1 aliphatic heterocycles. The molecule has 0 unspecified atom stereocenters. The van der Waals surface area contributed by atoms with E-state index in [4.69, 9.17) is 0 Å². The monoisotopic (exact) mass is 308 g/mol. The van der Waals surface area contributed by atoms with Gasteiger partial charge in [-0.2, -0.15) is 5.10 Å². The highest BCUT2D eigenvalue weighted by molar-refractivity contribution is 7.91. The van der Waals surface area contributed by atoms with E-state index < -0.39 is 15.8 Å². The molecule has 114 valence electrons. The second kappa shape index (κ2) is 5.97. The number of rotatable bonds is 3. The van der Waals surface area contributed by atoms with Gasteiger partial charge in [0, 0.05) is 0 Å². The summed E-state index contributed by atoms with van der Waals surface area (Å²) in [5, 5.41) is 4.08. The Kier molecular flexibility index (Phi) is 4.46. The van der Waals surface area contributed by atoms with Crippen LogP contribution >= 0.6 is 0 Å². The summed E-state index contributed by atoms with van der Waals surface area (Å²) in [5.74, 6) is -0.785. The van der Waals surface area contributed by atoms with Gasteiger partial charge in [-0.1, -0.05) is 12.1 Å². The van der Waals surface area contributed by atoms with E-state index in [1.54, 1.807) is 0 Å². The highest BCUT2D eigenvalue weighted by atomic mass is 32.2. The lowest BCUT2D eigenvalue weighted by atomic mass is 10.0. The van der Waals surface area contributed by atoms with Crippen LogP contribution in [0.4, 0.5) is 0 Å². The van der Waals surface area contributed by atoms with Crippen molar-refractivity contribution in [2.45, 2.75) is 27.2 Å². The second-order valence-electron chi connectivity index (χ2n) is 5.57. The van der Waals surface area contributed by atoms with Gasteiger partial charge in [0.2, 0.25) is 5.91 Å². The molecule has 1 amide bonds. The first-order chi connectivity index (χ1) is 9.78. The number of hydrazone groups is 1. The maximum absolute atomic E-state index is 11.9. The van der Waals surface area contributed by atoms with Gasteiger partial charge in [-0.05, 0) is 49.9 Å². The predicted octanol–water partition coefficient (Wildman–Crippen LogP) is 1.58. The third-order valence-corrected chi connectivity index (χ3v) is 5.63. The molecule has 21 heavy (non-hydrogen) atoms. The third-order valence-electron chi connectivity index (χ3n) is 3.86. The SMILES string of the molecule is C/C(=N/NC(=O)[C@@H]1CCS(=O)(=O)C1)c1ccc(C)c(C)c1. The maximum Gasteiger partial charge on any atom is 0.244 e. The largest absolute Gasteiger partial charge is 0.273 e. The van der Waals surface area contributed by atoms with Gasteiger partial charge < -0.3 is 0 Å². The lowest BCUT2D eigenvalue weighted by Gasteiger charge is -2.08. The minimum Gasteiger partial charge on any atom is -0.273 e. The van der Waals surface area contributed by atoms with E-state index in [0.29, 0.717) is 12.1 Å². The molecular formula is C15H20N2O3S. The van der Waals surface area contributed by atoms with Gasteiger partial charge in [-0.25, -0.2) is 13.8 Å². The van der Waals surface area contributed by atoms with Crippen LogP contribution < -0.4 is 5.43 Å². The Morgan fingerprint density at radius 1 is 1.29 bits per heavy atom. The van der Waals surface area contributed by atoms with Crippen molar-refractivity contribution in [2.24, 2.45) is 11.0 Å². The second-order valence-corrected chi connectivity index (χ2v) is 7.80. The number of benzene rings is 1. The maximum atomic E-state index is 11.9. The minimum atomic E-state index is -3.05. The van der Waals surface area contributed by atoms with Gasteiger partial charge in [0.15, 0.2) is 9.84 Å². The Labute approximate surface area is 125 Å². The van der Waals surface area contributed by atoms with Crippen LogP contribution in [0.1, 0.15) is 30.0 Å². The van der Waals surface area contributed by atoms with Crippen LogP contribution in [0.15, 0.2) is 23.3 Å². The Balaban J connectivity index is 2.03. The fraction of sp³-hybridized carbons (Fsp3) is 0.467. The van der Waals surface area contributed by atoms with Crippen molar-refractivity contribution in [3.63, 3.8) is 0 Å². The fourth-order valence-electron chi connectivity index (χ4n) is 2.26. The average Bonchev–Trinajstić information content (AvgIpc) is 2.79. The first-order valence-electron chi connectivity index (χ1n) is 6.91. The Morgan fingerprint density at radius 3 is 2.57 bits per heavy atom. The summed E-state index contributed by atoms with van der Waals surface area (Å²) < 4.78 is 22.7. The molecule has 0 saturated carbocycles. The average molecular weight is 308 g/mol. The standard InChI is InChI=1S/C15H20N2O3S/c1-10-4-5-13(8-11(10)2)12(3)16-17-15(18)14-6-7-21(19,20)9-14/h4-5,8,14H,6-7,9H2,1-3H3,(H,17,18)/b16-12-/t14-/m1/s1. The summed E-state index contributed by atoms with van der Waals surface area (Å²) in [7, 11) is -3.05. The van der Waals surface area contributed by atoms with Crippen LogP contribution in [-0.2, 0) is 14.6 Å². The van der Waals surface area contributed by atoms with Gasteiger partial charge in [0.25, 0.3) is 0 Å². The number of aryl methyl sites for hydroxylation is 2. The van der Waals surface area contributed by atoms with Crippen molar-refractivity contribution in [3.8, 4) is 0 Å². The van der Waals surface area contributed by atoms with Crippen LogP contribution in [0.25, 0.3) is 0 Å². The molecule has 0 spiro atoms. The number of nitrogens with zero attached hydrogens (tertiary/aromatic N) is 1. The van der Waals surface area contributed by atoms with E-state index in [2.05, 4.69) is 10.5 Å². The van der Waals surface area contributed by atoms with Crippen LogP contribution in [0.3, 0.4) is 0 Å². The molecule has 1 aliphatic rings. The molecule has 2 rings (SSSR count). The lowest BCUT2D eigenvalue weighted by molar-refractivity contribution is -0.124. The molecule has 1 atom stereocenters. The molecular weight excluding hydrogens is 288 g/mol. The number of sulfone groups is 1. The van der Waals surface area contributed by atoms with E-state index in [0.717, 1.165) is 11.1 Å². The van der Waals surface area contributed by atoms with E-state index in [-0.39, 0.29) is 17.4 Å². The molecule has 1 fully saturated rings. The highest BCUT2D eigenvalue weighted by Gasteiger charge is 2.32. The van der Waals surface area contributed by atoms with Crippen molar-refractivity contribution < 1.29 is 13.2 Å². The first kappa shape index (κ1) is 15.7. The zero-order chi connectivity index (χ0) is 15.6. The van der Waals surface area contributed by atoms with Gasteiger partial charge in [-0.15, -0.1) is 0 Å². The van der Waals surface area contributed by atoms with Crippen molar-refractivity contribution in [1.29, 1.82) is 0 Å². The van der Waals surface area contributed by atoms with Crippen molar-refractivity contribution in [1.82, 2.24) is 5.43 Å². The number of nitrogens with one attached hydrogen (secondary N) is 1. The summed E-state index contributed by atoms with van der Waals surface area (Å²) in [6, 6.07) is 5.97. The van der Waals surface area contributed by atoms with Gasteiger partial charge in [-0.3, -0.25) is 4.79 Å². The summed E-state index contributed by atoms with van der Waals surface area (Å²) in [4.78, 5) is 11.9. The first-order valence-corrected chi connectivity index (χ1v) is 8.73. The number of carbonyl (C=O) groups excluding carboxylic acids is 1. The topological polar surface area (TPSA) is 75.6 Å². The molecule has 1 aromatic rings. The number of carbonyl (C=O) groups is 1. The molecule has 1 heterocycles. The predicted molar refractivity (Wildman–Crippen MR) is 83.0 cm³/mol. The van der Waals surface area contributed by atoms with Crippen molar-refractivity contribution in [2.75, 3.05) is 11.5 Å². The molecule has 1 saturated heterocycles. The number of hydrogen-bond donors (Lipinski definition) is 1. The number of amides is 1. The van der Waals surface area contributed by atoms with E-state index >= 15 is 0 Å². The summed E-state index contributed by atoms with van der Waals surface area (Å²) in [6.07, 6.45) is 0.381. The zero-order valence-corrected chi connectivity index (χ0v) is 13.3. The van der Waals surface area contributed by atoms with Crippen molar-refractivity contribution >= 4 is 21.5 Å². The van der Waals surface area contributed by atoms with Gasteiger partial charge in [0.1, 0.15) is 0 Å². The number of hydrogen-bond acceptors (Lipinski definition) is 4. The summed E-state index contributed by atoms with van der Waals surface area (Å²) >= 11 is 0.